The van der Waals surface area contributed by atoms with Crippen molar-refractivity contribution >= 4 is 5.69 Å². The number of likely N-dealkylation sites (N-methyl/N-ethyl adjacent to an activating group) is 1. The summed E-state index contributed by atoms with van der Waals surface area (Å²) in [6.45, 7) is 8.97. The molecule has 0 bridgehead atoms. The lowest BCUT2D eigenvalue weighted by molar-refractivity contribution is 0.360. The Morgan fingerprint density at radius 2 is 2.05 bits per heavy atom. The van der Waals surface area contributed by atoms with Crippen LogP contribution in [-0.4, -0.2) is 44.7 Å². The molecular formula is C16H26FN3. The van der Waals surface area contributed by atoms with E-state index in [9.17, 15) is 4.39 Å². The number of para-hydroxylation sites is 1. The molecule has 3 nitrogen and oxygen atoms in total. The van der Waals surface area contributed by atoms with Gasteiger partial charge in [-0.1, -0.05) is 19.1 Å². The van der Waals surface area contributed by atoms with Gasteiger partial charge in [-0.15, -0.1) is 0 Å². The van der Waals surface area contributed by atoms with Crippen LogP contribution in [0, 0.1) is 5.82 Å². The zero-order valence-corrected chi connectivity index (χ0v) is 12.8. The van der Waals surface area contributed by atoms with Crippen LogP contribution in [0.3, 0.4) is 0 Å². The van der Waals surface area contributed by atoms with E-state index in [1.54, 1.807) is 6.07 Å². The molecule has 0 aromatic heterocycles. The van der Waals surface area contributed by atoms with Crippen LogP contribution in [0.1, 0.15) is 31.9 Å². The molecule has 0 radical (unpaired) electrons. The second-order valence-corrected chi connectivity index (χ2v) is 5.60. The van der Waals surface area contributed by atoms with Crippen LogP contribution >= 0.6 is 0 Å². The van der Waals surface area contributed by atoms with E-state index in [4.69, 9.17) is 0 Å². The van der Waals surface area contributed by atoms with Crippen LogP contribution in [0.2, 0.25) is 0 Å². The first-order valence-corrected chi connectivity index (χ1v) is 7.58. The number of nitrogens with zero attached hydrogens (tertiary/aromatic N) is 2. The number of halogens is 1. The standard InChI is InChI=1S/C16H26FN3/c1-4-18-13(2)14-7-5-8-15(17)16(14)20-10-6-9-19(3)11-12-20/h5,7-8,13,18H,4,6,9-12H2,1-3H3. The number of anilines is 1. The zero-order chi connectivity index (χ0) is 14.5. The van der Waals surface area contributed by atoms with Gasteiger partial charge in [0.25, 0.3) is 0 Å². The van der Waals surface area contributed by atoms with Gasteiger partial charge < -0.3 is 15.1 Å². The minimum absolute atomic E-state index is 0.100. The first-order chi connectivity index (χ1) is 9.63. The van der Waals surface area contributed by atoms with Gasteiger partial charge in [-0.05, 0) is 45.1 Å². The molecule has 0 amide bonds. The Morgan fingerprint density at radius 3 is 2.80 bits per heavy atom. The Labute approximate surface area is 121 Å². The van der Waals surface area contributed by atoms with Crippen molar-refractivity contribution in [3.63, 3.8) is 0 Å². The maximum atomic E-state index is 14.4. The highest BCUT2D eigenvalue weighted by atomic mass is 19.1. The van der Waals surface area contributed by atoms with Gasteiger partial charge in [0.1, 0.15) is 5.82 Å². The lowest BCUT2D eigenvalue weighted by Crippen LogP contribution is -2.31. The second-order valence-electron chi connectivity index (χ2n) is 5.60. The van der Waals surface area contributed by atoms with E-state index in [0.717, 1.165) is 50.4 Å². The van der Waals surface area contributed by atoms with E-state index in [1.807, 2.05) is 12.1 Å². The smallest absolute Gasteiger partial charge is 0.146 e. The number of nitrogens with one attached hydrogen (secondary N) is 1. The van der Waals surface area contributed by atoms with Crippen molar-refractivity contribution in [3.8, 4) is 0 Å². The van der Waals surface area contributed by atoms with Gasteiger partial charge in [-0.3, -0.25) is 0 Å². The lowest BCUT2D eigenvalue weighted by atomic mass is 10.0. The molecule has 1 fully saturated rings. The van der Waals surface area contributed by atoms with Gasteiger partial charge in [0, 0.05) is 25.7 Å². The Kier molecular flexibility index (Phi) is 5.38. The zero-order valence-electron chi connectivity index (χ0n) is 12.8. The fraction of sp³-hybridized carbons (Fsp3) is 0.625. The molecule has 1 aliphatic heterocycles. The Balaban J connectivity index is 2.29. The average Bonchev–Trinajstić information content (AvgIpc) is 2.63. The number of hydrogen-bond acceptors (Lipinski definition) is 3. The van der Waals surface area contributed by atoms with E-state index in [0.29, 0.717) is 0 Å². The maximum absolute atomic E-state index is 14.4. The molecule has 1 unspecified atom stereocenters. The van der Waals surface area contributed by atoms with Crippen LogP contribution < -0.4 is 10.2 Å². The third-order valence-electron chi connectivity index (χ3n) is 4.03. The summed E-state index contributed by atoms with van der Waals surface area (Å²) in [4.78, 5) is 4.52. The van der Waals surface area contributed by atoms with Crippen LogP contribution in [-0.2, 0) is 0 Å². The van der Waals surface area contributed by atoms with E-state index in [1.165, 1.54) is 0 Å². The Hall–Kier alpha value is -1.13. The van der Waals surface area contributed by atoms with Crippen molar-refractivity contribution in [2.24, 2.45) is 0 Å². The summed E-state index contributed by atoms with van der Waals surface area (Å²) in [5.74, 6) is -0.100. The van der Waals surface area contributed by atoms with Crippen LogP contribution in [0.15, 0.2) is 18.2 Å². The SMILES string of the molecule is CCNC(C)c1cccc(F)c1N1CCCN(C)CC1. The average molecular weight is 279 g/mol. The highest BCUT2D eigenvalue weighted by molar-refractivity contribution is 5.56. The van der Waals surface area contributed by atoms with Gasteiger partial charge in [0.15, 0.2) is 0 Å². The molecule has 1 heterocycles. The summed E-state index contributed by atoms with van der Waals surface area (Å²) < 4.78 is 14.4. The normalized spacial score (nSPS) is 18.9. The first kappa shape index (κ1) is 15.3. The van der Waals surface area contributed by atoms with Crippen LogP contribution in [0.5, 0.6) is 0 Å². The molecule has 4 heteroatoms. The highest BCUT2D eigenvalue weighted by Gasteiger charge is 2.21. The maximum Gasteiger partial charge on any atom is 0.146 e. The predicted octanol–water partition coefficient (Wildman–Crippen LogP) is 2.64. The van der Waals surface area contributed by atoms with Gasteiger partial charge in [-0.25, -0.2) is 4.39 Å². The van der Waals surface area contributed by atoms with Crippen molar-refractivity contribution in [3.05, 3.63) is 29.6 Å². The minimum Gasteiger partial charge on any atom is -0.368 e. The van der Waals surface area contributed by atoms with Crippen molar-refractivity contribution in [2.75, 3.05) is 44.7 Å². The Bertz CT molecular complexity index is 436. The predicted molar refractivity (Wildman–Crippen MR) is 82.8 cm³/mol. The molecule has 1 atom stereocenters. The third-order valence-corrected chi connectivity index (χ3v) is 4.03. The third kappa shape index (κ3) is 3.49. The highest BCUT2D eigenvalue weighted by Crippen LogP contribution is 2.30. The summed E-state index contributed by atoms with van der Waals surface area (Å²) in [6.07, 6.45) is 1.08. The van der Waals surface area contributed by atoms with Crippen molar-refractivity contribution in [2.45, 2.75) is 26.3 Å². The van der Waals surface area contributed by atoms with Gasteiger partial charge in [0.2, 0.25) is 0 Å². The van der Waals surface area contributed by atoms with E-state index >= 15 is 0 Å². The molecule has 20 heavy (non-hydrogen) atoms. The van der Waals surface area contributed by atoms with E-state index in [2.05, 4.69) is 36.0 Å². The molecule has 1 aliphatic rings. The number of benzene rings is 1. The molecule has 0 aliphatic carbocycles. The monoisotopic (exact) mass is 279 g/mol. The number of rotatable bonds is 4. The summed E-state index contributed by atoms with van der Waals surface area (Å²) in [5, 5.41) is 3.39. The van der Waals surface area contributed by atoms with Crippen molar-refractivity contribution in [1.82, 2.24) is 10.2 Å². The molecule has 1 aromatic carbocycles. The fourth-order valence-electron chi connectivity index (χ4n) is 2.90. The number of hydrogen-bond donors (Lipinski definition) is 1. The quantitative estimate of drug-likeness (QED) is 0.914. The molecule has 1 N–H and O–H groups in total. The molecule has 112 valence electrons. The van der Waals surface area contributed by atoms with Gasteiger partial charge in [-0.2, -0.15) is 0 Å². The van der Waals surface area contributed by atoms with Gasteiger partial charge >= 0.3 is 0 Å². The summed E-state index contributed by atoms with van der Waals surface area (Å²) >= 11 is 0. The summed E-state index contributed by atoms with van der Waals surface area (Å²) in [7, 11) is 2.13. The molecule has 0 spiro atoms. The topological polar surface area (TPSA) is 18.5 Å². The minimum atomic E-state index is -0.100. The Morgan fingerprint density at radius 1 is 1.25 bits per heavy atom. The largest absolute Gasteiger partial charge is 0.368 e. The second kappa shape index (κ2) is 7.04. The van der Waals surface area contributed by atoms with Crippen molar-refractivity contribution in [1.29, 1.82) is 0 Å². The summed E-state index contributed by atoms with van der Waals surface area (Å²) in [6, 6.07) is 5.60. The van der Waals surface area contributed by atoms with Crippen LogP contribution in [0.4, 0.5) is 10.1 Å². The molecular weight excluding hydrogens is 253 g/mol. The van der Waals surface area contributed by atoms with E-state index < -0.39 is 0 Å². The van der Waals surface area contributed by atoms with Crippen LogP contribution in [0.25, 0.3) is 0 Å². The fourth-order valence-corrected chi connectivity index (χ4v) is 2.90. The molecule has 1 aromatic rings. The molecule has 0 saturated carbocycles. The summed E-state index contributed by atoms with van der Waals surface area (Å²) in [5.41, 5.74) is 1.85. The van der Waals surface area contributed by atoms with E-state index in [-0.39, 0.29) is 11.9 Å². The van der Waals surface area contributed by atoms with Crippen molar-refractivity contribution < 1.29 is 4.39 Å². The first-order valence-electron chi connectivity index (χ1n) is 7.58. The molecule has 2 rings (SSSR count). The lowest BCUT2D eigenvalue weighted by Gasteiger charge is -2.28. The molecule has 1 saturated heterocycles. The van der Waals surface area contributed by atoms with Gasteiger partial charge in [0.05, 0.1) is 5.69 Å².